The molecule has 0 aromatic rings. The van der Waals surface area contributed by atoms with E-state index in [0.717, 1.165) is 0 Å². The standard InChI is InChI=1S/C9H14N2O2S/c1-8(2)5-9(3-4-13-8)6(12)11-7(10)14-9/h3-5H2,1-2H3,(H2,10,11,12). The largest absolute Gasteiger partial charge is 0.375 e. The summed E-state index contributed by atoms with van der Waals surface area (Å²) in [4.78, 5) is 11.7. The molecule has 0 aliphatic carbocycles. The van der Waals surface area contributed by atoms with Crippen molar-refractivity contribution in [3.8, 4) is 0 Å². The van der Waals surface area contributed by atoms with Crippen LogP contribution in [-0.2, 0) is 9.53 Å². The average molecular weight is 214 g/mol. The monoisotopic (exact) mass is 214 g/mol. The van der Waals surface area contributed by atoms with Gasteiger partial charge in [0.2, 0.25) is 5.91 Å². The molecule has 1 amide bonds. The van der Waals surface area contributed by atoms with Crippen molar-refractivity contribution in [3.05, 3.63) is 0 Å². The van der Waals surface area contributed by atoms with Gasteiger partial charge >= 0.3 is 0 Å². The summed E-state index contributed by atoms with van der Waals surface area (Å²) in [6.07, 6.45) is 1.38. The van der Waals surface area contributed by atoms with Crippen molar-refractivity contribution >= 4 is 22.8 Å². The van der Waals surface area contributed by atoms with E-state index in [1.165, 1.54) is 11.8 Å². The van der Waals surface area contributed by atoms with E-state index in [0.29, 0.717) is 19.4 Å². The van der Waals surface area contributed by atoms with E-state index in [1.807, 2.05) is 13.8 Å². The summed E-state index contributed by atoms with van der Waals surface area (Å²) in [6, 6.07) is 0. The van der Waals surface area contributed by atoms with Gasteiger partial charge in [0, 0.05) is 6.61 Å². The number of nitrogens with one attached hydrogen (secondary N) is 2. The summed E-state index contributed by atoms with van der Waals surface area (Å²) < 4.78 is 5.13. The van der Waals surface area contributed by atoms with Crippen LogP contribution in [0.5, 0.6) is 0 Å². The molecule has 2 aliphatic rings. The summed E-state index contributed by atoms with van der Waals surface area (Å²) >= 11 is 1.34. The molecule has 4 nitrogen and oxygen atoms in total. The van der Waals surface area contributed by atoms with Gasteiger partial charge in [-0.15, -0.1) is 0 Å². The van der Waals surface area contributed by atoms with Gasteiger partial charge in [0.25, 0.3) is 0 Å². The minimum absolute atomic E-state index is 0.0242. The van der Waals surface area contributed by atoms with Gasteiger partial charge in [-0.25, -0.2) is 0 Å². The molecule has 0 aromatic heterocycles. The molecule has 5 heteroatoms. The zero-order valence-corrected chi connectivity index (χ0v) is 9.16. The van der Waals surface area contributed by atoms with Crippen LogP contribution >= 0.6 is 11.8 Å². The van der Waals surface area contributed by atoms with Gasteiger partial charge in [0.1, 0.15) is 4.75 Å². The molecular formula is C9H14N2O2S. The molecule has 2 heterocycles. The van der Waals surface area contributed by atoms with Crippen LogP contribution in [0.25, 0.3) is 0 Å². The lowest BCUT2D eigenvalue weighted by molar-refractivity contribution is -0.129. The first-order chi connectivity index (χ1) is 6.44. The highest BCUT2D eigenvalue weighted by Crippen LogP contribution is 2.44. The second kappa shape index (κ2) is 2.97. The third-order valence-electron chi connectivity index (χ3n) is 2.65. The minimum atomic E-state index is -0.446. The van der Waals surface area contributed by atoms with Crippen LogP contribution in [-0.4, -0.2) is 28.0 Å². The summed E-state index contributed by atoms with van der Waals surface area (Å²) in [7, 11) is 0. The van der Waals surface area contributed by atoms with Crippen LogP contribution in [0.2, 0.25) is 0 Å². The maximum atomic E-state index is 11.7. The van der Waals surface area contributed by atoms with E-state index in [1.54, 1.807) is 0 Å². The zero-order chi connectivity index (χ0) is 10.4. The van der Waals surface area contributed by atoms with Crippen molar-refractivity contribution in [2.75, 3.05) is 6.61 Å². The Morgan fingerprint density at radius 1 is 1.57 bits per heavy atom. The number of ether oxygens (including phenoxy) is 1. The molecule has 78 valence electrons. The molecule has 2 rings (SSSR count). The maximum absolute atomic E-state index is 11.7. The van der Waals surface area contributed by atoms with E-state index in [9.17, 15) is 4.79 Å². The lowest BCUT2D eigenvalue weighted by Crippen LogP contribution is -2.48. The molecule has 1 unspecified atom stereocenters. The molecular weight excluding hydrogens is 200 g/mol. The average Bonchev–Trinajstić information content (AvgIpc) is 2.24. The van der Waals surface area contributed by atoms with Gasteiger partial charge in [-0.3, -0.25) is 10.2 Å². The number of carbonyl (C=O) groups excluding carboxylic acids is 1. The number of carbonyl (C=O) groups is 1. The predicted molar refractivity (Wildman–Crippen MR) is 55.5 cm³/mol. The molecule has 0 aromatic carbocycles. The zero-order valence-electron chi connectivity index (χ0n) is 8.35. The van der Waals surface area contributed by atoms with Crippen molar-refractivity contribution in [2.45, 2.75) is 37.0 Å². The van der Waals surface area contributed by atoms with Crippen LogP contribution in [0, 0.1) is 5.41 Å². The highest BCUT2D eigenvalue weighted by Gasteiger charge is 2.51. The molecule has 1 spiro atoms. The van der Waals surface area contributed by atoms with E-state index < -0.39 is 4.75 Å². The molecule has 0 radical (unpaired) electrons. The van der Waals surface area contributed by atoms with Gasteiger partial charge in [-0.1, -0.05) is 11.8 Å². The summed E-state index contributed by atoms with van der Waals surface area (Å²) in [5.74, 6) is -0.0242. The lowest BCUT2D eigenvalue weighted by Gasteiger charge is -2.39. The molecule has 2 aliphatic heterocycles. The second-order valence-electron chi connectivity index (χ2n) is 4.41. The predicted octanol–water partition coefficient (Wildman–Crippen LogP) is 1.11. The fourth-order valence-corrected chi connectivity index (χ4v) is 3.37. The highest BCUT2D eigenvalue weighted by atomic mass is 32.2. The highest BCUT2D eigenvalue weighted by molar-refractivity contribution is 8.16. The summed E-state index contributed by atoms with van der Waals surface area (Å²) in [6.45, 7) is 4.58. The topological polar surface area (TPSA) is 62.2 Å². The first-order valence-electron chi connectivity index (χ1n) is 4.67. The quantitative estimate of drug-likeness (QED) is 0.635. The Bertz CT molecular complexity index is 303. The van der Waals surface area contributed by atoms with Gasteiger partial charge in [0.05, 0.1) is 5.60 Å². The van der Waals surface area contributed by atoms with Gasteiger partial charge < -0.3 is 10.1 Å². The molecule has 2 saturated heterocycles. The lowest BCUT2D eigenvalue weighted by atomic mass is 9.87. The summed E-state index contributed by atoms with van der Waals surface area (Å²) in [5.41, 5.74) is -0.257. The number of thioether (sulfide) groups is 1. The fourth-order valence-electron chi connectivity index (χ4n) is 2.08. The van der Waals surface area contributed by atoms with Crippen LogP contribution in [0.15, 0.2) is 0 Å². The number of hydrogen-bond acceptors (Lipinski definition) is 4. The Morgan fingerprint density at radius 3 is 2.79 bits per heavy atom. The SMILES string of the molecule is CC1(C)CC2(CCO1)SC(=N)NC2=O. The number of hydrogen-bond donors (Lipinski definition) is 2. The third-order valence-corrected chi connectivity index (χ3v) is 3.88. The van der Waals surface area contributed by atoms with Crippen molar-refractivity contribution in [1.82, 2.24) is 5.32 Å². The van der Waals surface area contributed by atoms with E-state index in [4.69, 9.17) is 10.1 Å². The molecule has 2 N–H and O–H groups in total. The summed E-state index contributed by atoms with van der Waals surface area (Å²) in [5, 5.41) is 10.3. The van der Waals surface area contributed by atoms with E-state index >= 15 is 0 Å². The number of rotatable bonds is 0. The minimum Gasteiger partial charge on any atom is -0.375 e. The van der Waals surface area contributed by atoms with Gasteiger partial charge in [-0.2, -0.15) is 0 Å². The first-order valence-corrected chi connectivity index (χ1v) is 5.48. The number of amidine groups is 1. The van der Waals surface area contributed by atoms with Crippen molar-refractivity contribution in [2.24, 2.45) is 0 Å². The molecule has 0 bridgehead atoms. The molecule has 1 atom stereocenters. The van der Waals surface area contributed by atoms with Gasteiger partial charge in [-0.05, 0) is 26.7 Å². The number of amides is 1. The Balaban J connectivity index is 2.24. The van der Waals surface area contributed by atoms with Crippen molar-refractivity contribution in [3.63, 3.8) is 0 Å². The normalized spacial score (nSPS) is 36.1. The molecule has 2 fully saturated rings. The smallest absolute Gasteiger partial charge is 0.242 e. The van der Waals surface area contributed by atoms with E-state index in [-0.39, 0.29) is 16.7 Å². The second-order valence-corrected chi connectivity index (χ2v) is 5.81. The Morgan fingerprint density at radius 2 is 2.29 bits per heavy atom. The Hall–Kier alpha value is -0.550. The van der Waals surface area contributed by atoms with Crippen LogP contribution in [0.1, 0.15) is 26.7 Å². The third kappa shape index (κ3) is 1.54. The van der Waals surface area contributed by atoms with Crippen LogP contribution in [0.4, 0.5) is 0 Å². The molecule has 14 heavy (non-hydrogen) atoms. The fraction of sp³-hybridized carbons (Fsp3) is 0.778. The maximum Gasteiger partial charge on any atom is 0.242 e. The van der Waals surface area contributed by atoms with E-state index in [2.05, 4.69) is 5.32 Å². The van der Waals surface area contributed by atoms with Crippen molar-refractivity contribution < 1.29 is 9.53 Å². The molecule has 0 saturated carbocycles. The first kappa shape index (κ1) is 9.98. The Kier molecular flexibility index (Phi) is 2.12. The van der Waals surface area contributed by atoms with Gasteiger partial charge in [0.15, 0.2) is 5.17 Å². The van der Waals surface area contributed by atoms with Crippen LogP contribution < -0.4 is 5.32 Å². The van der Waals surface area contributed by atoms with Crippen LogP contribution in [0.3, 0.4) is 0 Å². The van der Waals surface area contributed by atoms with Crippen molar-refractivity contribution in [1.29, 1.82) is 5.41 Å². The Labute approximate surface area is 87.3 Å².